The molecule has 0 fully saturated rings. The number of aryl methyl sites for hydroxylation is 1. The zero-order valence-corrected chi connectivity index (χ0v) is 19.5. The molecule has 3 N–H and O–H groups in total. The normalized spacial score (nSPS) is 11.7. The molecule has 0 amide bonds. The third kappa shape index (κ3) is 5.50. The van der Waals surface area contributed by atoms with Crippen molar-refractivity contribution >= 4 is 40.8 Å². The molecule has 0 aliphatic carbocycles. The lowest BCUT2D eigenvalue weighted by Crippen LogP contribution is -2.38. The maximum absolute atomic E-state index is 4.46. The summed E-state index contributed by atoms with van der Waals surface area (Å²) in [5, 5.41) is 8.08. The molecule has 152 valence electrons. The molecule has 3 rings (SSSR count). The lowest BCUT2D eigenvalue weighted by atomic mass is 10.1. The van der Waals surface area contributed by atoms with Gasteiger partial charge in [-0.15, -0.1) is 24.0 Å². The van der Waals surface area contributed by atoms with Crippen LogP contribution in [0.2, 0.25) is 0 Å². The molecule has 2 aromatic heterocycles. The van der Waals surface area contributed by atoms with Gasteiger partial charge < -0.3 is 20.2 Å². The third-order valence-corrected chi connectivity index (χ3v) is 4.70. The summed E-state index contributed by atoms with van der Waals surface area (Å²) in [5.74, 6) is 2.42. The molecule has 0 radical (unpaired) electrons. The number of para-hydroxylation sites is 1. The number of fused-ring (bicyclic) bond motifs is 1. The fourth-order valence-electron chi connectivity index (χ4n) is 3.41. The first-order valence-electron chi connectivity index (χ1n) is 9.59. The van der Waals surface area contributed by atoms with Gasteiger partial charge in [0.05, 0.1) is 6.54 Å². The molecule has 1 aromatic carbocycles. The molecule has 0 saturated carbocycles. The molecule has 0 aliphatic rings. The van der Waals surface area contributed by atoms with Crippen LogP contribution in [0.1, 0.15) is 30.9 Å². The van der Waals surface area contributed by atoms with Crippen molar-refractivity contribution in [3.05, 3.63) is 53.7 Å². The van der Waals surface area contributed by atoms with Gasteiger partial charge in [-0.05, 0) is 30.9 Å². The molecule has 0 bridgehead atoms. The monoisotopic (exact) mass is 494 g/mol. The smallest absolute Gasteiger partial charge is 0.191 e. The number of nitrogens with zero attached hydrogens (tertiary/aromatic N) is 3. The molecule has 3 aromatic rings. The van der Waals surface area contributed by atoms with E-state index >= 15 is 0 Å². The van der Waals surface area contributed by atoms with Gasteiger partial charge in [-0.25, -0.2) is 4.98 Å². The molecule has 0 aliphatic heterocycles. The molecule has 7 heteroatoms. The van der Waals surface area contributed by atoms with E-state index in [1.165, 1.54) is 22.2 Å². The number of benzene rings is 1. The Balaban J connectivity index is 0.00000280. The summed E-state index contributed by atoms with van der Waals surface area (Å²) in [6.07, 6.45) is 4.83. The Bertz CT molecular complexity index is 909. The standard InChI is InChI=1S/C21H30N6.HI/c1-15(2)14-27-12-11-23-20(27)13-25-21(22-4)24-10-9-17-16(3)26-19-8-6-5-7-18(17)19;/h5-8,11-12,15,26H,9-10,13-14H2,1-4H3,(H2,22,24,25);1H. The summed E-state index contributed by atoms with van der Waals surface area (Å²) in [5.41, 5.74) is 3.79. The summed E-state index contributed by atoms with van der Waals surface area (Å²) in [4.78, 5) is 12.2. The van der Waals surface area contributed by atoms with Crippen LogP contribution in [-0.2, 0) is 19.5 Å². The van der Waals surface area contributed by atoms with Crippen molar-refractivity contribution in [3.63, 3.8) is 0 Å². The number of aliphatic imine (C=N–C) groups is 1. The zero-order valence-electron chi connectivity index (χ0n) is 17.1. The van der Waals surface area contributed by atoms with Gasteiger partial charge >= 0.3 is 0 Å². The van der Waals surface area contributed by atoms with Crippen molar-refractivity contribution < 1.29 is 0 Å². The molecular formula is C21H31IN6. The van der Waals surface area contributed by atoms with Gasteiger partial charge in [0.15, 0.2) is 5.96 Å². The van der Waals surface area contributed by atoms with Crippen molar-refractivity contribution in [2.45, 2.75) is 40.3 Å². The molecule has 0 saturated heterocycles. The first-order chi connectivity index (χ1) is 13.1. The minimum absolute atomic E-state index is 0. The number of guanidine groups is 1. The van der Waals surface area contributed by atoms with E-state index in [4.69, 9.17) is 0 Å². The lowest BCUT2D eigenvalue weighted by Gasteiger charge is -2.14. The number of nitrogens with one attached hydrogen (secondary N) is 3. The average Bonchev–Trinajstić information content (AvgIpc) is 3.21. The van der Waals surface area contributed by atoms with Gasteiger partial charge in [0.25, 0.3) is 0 Å². The van der Waals surface area contributed by atoms with Crippen LogP contribution in [0.15, 0.2) is 41.7 Å². The highest BCUT2D eigenvalue weighted by Crippen LogP contribution is 2.21. The van der Waals surface area contributed by atoms with E-state index in [0.29, 0.717) is 12.5 Å². The van der Waals surface area contributed by atoms with Crippen LogP contribution in [0, 0.1) is 12.8 Å². The number of imidazole rings is 1. The summed E-state index contributed by atoms with van der Waals surface area (Å²) < 4.78 is 2.19. The van der Waals surface area contributed by atoms with Crippen LogP contribution in [-0.4, -0.2) is 34.1 Å². The van der Waals surface area contributed by atoms with Crippen LogP contribution in [0.5, 0.6) is 0 Å². The highest BCUT2D eigenvalue weighted by molar-refractivity contribution is 14.0. The average molecular weight is 494 g/mol. The summed E-state index contributed by atoms with van der Waals surface area (Å²) >= 11 is 0. The van der Waals surface area contributed by atoms with Crippen molar-refractivity contribution in [2.24, 2.45) is 10.9 Å². The van der Waals surface area contributed by atoms with Crippen molar-refractivity contribution in [2.75, 3.05) is 13.6 Å². The molecule has 2 heterocycles. The van der Waals surface area contributed by atoms with E-state index in [0.717, 1.165) is 31.3 Å². The second-order valence-corrected chi connectivity index (χ2v) is 7.27. The lowest BCUT2D eigenvalue weighted by molar-refractivity contribution is 0.503. The Hall–Kier alpha value is -2.03. The van der Waals surface area contributed by atoms with Gasteiger partial charge in [-0.3, -0.25) is 4.99 Å². The number of hydrogen-bond acceptors (Lipinski definition) is 2. The van der Waals surface area contributed by atoms with Crippen LogP contribution in [0.3, 0.4) is 0 Å². The fraction of sp³-hybridized carbons (Fsp3) is 0.429. The second kappa shape index (κ2) is 10.5. The number of aromatic amines is 1. The molecule has 28 heavy (non-hydrogen) atoms. The van der Waals surface area contributed by atoms with Gasteiger partial charge in [0.2, 0.25) is 0 Å². The number of halogens is 1. The van der Waals surface area contributed by atoms with E-state index in [9.17, 15) is 0 Å². The summed E-state index contributed by atoms with van der Waals surface area (Å²) in [7, 11) is 1.80. The fourth-order valence-corrected chi connectivity index (χ4v) is 3.41. The zero-order chi connectivity index (χ0) is 19.2. The molecule has 0 atom stereocenters. The summed E-state index contributed by atoms with van der Waals surface area (Å²) in [6.45, 7) is 9.02. The number of aromatic nitrogens is 3. The molecule has 0 spiro atoms. The first kappa shape index (κ1) is 22.3. The van der Waals surface area contributed by atoms with Crippen molar-refractivity contribution in [1.82, 2.24) is 25.2 Å². The number of hydrogen-bond donors (Lipinski definition) is 3. The van der Waals surface area contributed by atoms with E-state index in [1.807, 2.05) is 12.4 Å². The topological polar surface area (TPSA) is 70.0 Å². The van der Waals surface area contributed by atoms with E-state index in [2.05, 4.69) is 75.2 Å². The Labute approximate surface area is 184 Å². The van der Waals surface area contributed by atoms with Gasteiger partial charge in [0.1, 0.15) is 5.82 Å². The Kier molecular flexibility index (Phi) is 8.35. The maximum Gasteiger partial charge on any atom is 0.191 e. The van der Waals surface area contributed by atoms with E-state index < -0.39 is 0 Å². The van der Waals surface area contributed by atoms with Gasteiger partial charge in [0, 0.05) is 49.1 Å². The largest absolute Gasteiger partial charge is 0.358 e. The SMILES string of the molecule is CN=C(NCCc1c(C)[nH]c2ccccc12)NCc1nccn1CC(C)C.I. The van der Waals surface area contributed by atoms with Crippen molar-refractivity contribution in [3.8, 4) is 0 Å². The quantitative estimate of drug-likeness (QED) is 0.266. The number of H-pyrrole nitrogens is 1. The molecular weight excluding hydrogens is 463 g/mol. The molecule has 0 unspecified atom stereocenters. The first-order valence-corrected chi connectivity index (χ1v) is 9.59. The minimum atomic E-state index is 0. The number of rotatable bonds is 7. The van der Waals surface area contributed by atoms with Gasteiger partial charge in [-0.1, -0.05) is 32.0 Å². The third-order valence-electron chi connectivity index (χ3n) is 4.70. The summed E-state index contributed by atoms with van der Waals surface area (Å²) in [6, 6.07) is 8.45. The van der Waals surface area contributed by atoms with Crippen LogP contribution >= 0.6 is 24.0 Å². The predicted molar refractivity (Wildman–Crippen MR) is 127 cm³/mol. The maximum atomic E-state index is 4.46. The van der Waals surface area contributed by atoms with Gasteiger partial charge in [-0.2, -0.15) is 0 Å². The second-order valence-electron chi connectivity index (χ2n) is 7.27. The highest BCUT2D eigenvalue weighted by Gasteiger charge is 2.09. The Morgan fingerprint density at radius 2 is 2.04 bits per heavy atom. The van der Waals surface area contributed by atoms with Crippen molar-refractivity contribution in [1.29, 1.82) is 0 Å². The Morgan fingerprint density at radius 3 is 2.79 bits per heavy atom. The minimum Gasteiger partial charge on any atom is -0.358 e. The molecule has 6 nitrogen and oxygen atoms in total. The van der Waals surface area contributed by atoms with Crippen LogP contribution in [0.4, 0.5) is 0 Å². The van der Waals surface area contributed by atoms with E-state index in [-0.39, 0.29) is 24.0 Å². The Morgan fingerprint density at radius 1 is 1.25 bits per heavy atom. The predicted octanol–water partition coefficient (Wildman–Crippen LogP) is 3.85. The van der Waals surface area contributed by atoms with E-state index in [1.54, 1.807) is 7.05 Å². The highest BCUT2D eigenvalue weighted by atomic mass is 127. The van der Waals surface area contributed by atoms with Crippen LogP contribution in [0.25, 0.3) is 10.9 Å². The van der Waals surface area contributed by atoms with Crippen LogP contribution < -0.4 is 10.6 Å².